The van der Waals surface area contributed by atoms with Crippen LogP contribution in [0.1, 0.15) is 17.5 Å². The Morgan fingerprint density at radius 1 is 1.25 bits per heavy atom. The van der Waals surface area contributed by atoms with Gasteiger partial charge in [-0.2, -0.15) is 0 Å². The predicted octanol–water partition coefficient (Wildman–Crippen LogP) is 3.55. The molecule has 0 saturated heterocycles. The minimum absolute atomic E-state index is 0.601. The number of aromatic nitrogens is 2. The lowest BCUT2D eigenvalue weighted by molar-refractivity contribution is 0.988. The van der Waals surface area contributed by atoms with Gasteiger partial charge in [-0.05, 0) is 12.0 Å². The van der Waals surface area contributed by atoms with E-state index < -0.39 is 0 Å². The van der Waals surface area contributed by atoms with Crippen LogP contribution in [0.15, 0.2) is 24.3 Å². The molecular formula is C12H13ClN2S. The van der Waals surface area contributed by atoms with Crippen LogP contribution in [-0.4, -0.2) is 16.1 Å². The summed E-state index contributed by atoms with van der Waals surface area (Å²) >= 11 is 7.32. The Kier molecular flexibility index (Phi) is 3.91. The zero-order chi connectivity index (χ0) is 11.4. The van der Waals surface area contributed by atoms with Gasteiger partial charge in [0.1, 0.15) is 10.0 Å². The fraction of sp³-hybridized carbons (Fsp3) is 0.333. The van der Waals surface area contributed by atoms with Gasteiger partial charge in [0, 0.05) is 17.9 Å². The molecule has 2 aromatic rings. The number of rotatable bonds is 4. The van der Waals surface area contributed by atoms with Gasteiger partial charge in [-0.15, -0.1) is 21.8 Å². The van der Waals surface area contributed by atoms with Crippen LogP contribution < -0.4 is 0 Å². The van der Waals surface area contributed by atoms with Crippen molar-refractivity contribution in [2.45, 2.75) is 19.8 Å². The molecule has 4 heteroatoms. The first-order valence-corrected chi connectivity index (χ1v) is 6.67. The number of hydrogen-bond acceptors (Lipinski definition) is 3. The molecule has 0 saturated carbocycles. The normalized spacial score (nSPS) is 10.6. The maximum absolute atomic E-state index is 5.69. The van der Waals surface area contributed by atoms with Crippen LogP contribution in [0.2, 0.25) is 0 Å². The van der Waals surface area contributed by atoms with Gasteiger partial charge in [-0.25, -0.2) is 0 Å². The molecule has 0 bridgehead atoms. The van der Waals surface area contributed by atoms with Crippen LogP contribution in [0.5, 0.6) is 0 Å². The molecule has 1 aromatic carbocycles. The molecular weight excluding hydrogens is 240 g/mol. The van der Waals surface area contributed by atoms with E-state index in [0.29, 0.717) is 5.88 Å². The van der Waals surface area contributed by atoms with E-state index in [0.717, 1.165) is 22.9 Å². The highest BCUT2D eigenvalue weighted by Crippen LogP contribution is 2.27. The number of nitrogens with zero attached hydrogens (tertiary/aromatic N) is 2. The molecule has 16 heavy (non-hydrogen) atoms. The first-order valence-electron chi connectivity index (χ1n) is 5.31. The summed E-state index contributed by atoms with van der Waals surface area (Å²) in [5, 5.41) is 10.4. The molecule has 0 atom stereocenters. The van der Waals surface area contributed by atoms with Crippen molar-refractivity contribution in [3.8, 4) is 10.6 Å². The van der Waals surface area contributed by atoms with E-state index in [-0.39, 0.29) is 0 Å². The van der Waals surface area contributed by atoms with Crippen LogP contribution in [0, 0.1) is 0 Å². The highest BCUT2D eigenvalue weighted by atomic mass is 35.5. The van der Waals surface area contributed by atoms with E-state index in [1.54, 1.807) is 11.3 Å². The van der Waals surface area contributed by atoms with Crippen molar-refractivity contribution in [2.75, 3.05) is 5.88 Å². The monoisotopic (exact) mass is 252 g/mol. The molecule has 0 amide bonds. The summed E-state index contributed by atoms with van der Waals surface area (Å²) in [6.45, 7) is 2.15. The van der Waals surface area contributed by atoms with E-state index >= 15 is 0 Å². The molecule has 0 spiro atoms. The highest BCUT2D eigenvalue weighted by Gasteiger charge is 2.09. The third kappa shape index (κ3) is 2.42. The Morgan fingerprint density at radius 2 is 2.06 bits per heavy atom. The van der Waals surface area contributed by atoms with Gasteiger partial charge >= 0.3 is 0 Å². The van der Waals surface area contributed by atoms with Crippen molar-refractivity contribution >= 4 is 22.9 Å². The molecule has 1 aromatic heterocycles. The average molecular weight is 253 g/mol. The molecule has 0 aliphatic carbocycles. The Labute approximate surface area is 104 Å². The molecule has 2 rings (SSSR count). The van der Waals surface area contributed by atoms with Crippen LogP contribution in [0.25, 0.3) is 10.6 Å². The minimum atomic E-state index is 0.601. The first kappa shape index (κ1) is 11.6. The molecule has 0 aliphatic rings. The van der Waals surface area contributed by atoms with Crippen molar-refractivity contribution in [3.05, 3.63) is 34.8 Å². The maximum Gasteiger partial charge on any atom is 0.148 e. The molecule has 0 aliphatic heterocycles. The lowest BCUT2D eigenvalue weighted by Crippen LogP contribution is -1.86. The lowest BCUT2D eigenvalue weighted by atomic mass is 10.1. The second kappa shape index (κ2) is 5.41. The molecule has 0 fully saturated rings. The summed E-state index contributed by atoms with van der Waals surface area (Å²) in [7, 11) is 0. The predicted molar refractivity (Wildman–Crippen MR) is 69.1 cm³/mol. The zero-order valence-corrected chi connectivity index (χ0v) is 10.7. The second-order valence-electron chi connectivity index (χ2n) is 3.45. The SMILES string of the molecule is CCc1ccccc1-c1nnc(CCCl)s1. The van der Waals surface area contributed by atoms with Gasteiger partial charge in [0.05, 0.1) is 0 Å². The van der Waals surface area contributed by atoms with Crippen molar-refractivity contribution in [1.82, 2.24) is 10.2 Å². The molecule has 2 nitrogen and oxygen atoms in total. The number of benzene rings is 1. The summed E-state index contributed by atoms with van der Waals surface area (Å²) in [6, 6.07) is 8.34. The molecule has 84 valence electrons. The topological polar surface area (TPSA) is 25.8 Å². The van der Waals surface area contributed by atoms with Crippen LogP contribution in [0.3, 0.4) is 0 Å². The summed E-state index contributed by atoms with van der Waals surface area (Å²) < 4.78 is 0. The van der Waals surface area contributed by atoms with Crippen LogP contribution in [-0.2, 0) is 12.8 Å². The van der Waals surface area contributed by atoms with E-state index in [9.17, 15) is 0 Å². The Bertz CT molecular complexity index is 468. The molecule has 0 radical (unpaired) electrons. The van der Waals surface area contributed by atoms with Gasteiger partial charge in [0.15, 0.2) is 0 Å². The van der Waals surface area contributed by atoms with Gasteiger partial charge in [0.2, 0.25) is 0 Å². The standard InChI is InChI=1S/C12H13ClN2S/c1-2-9-5-3-4-6-10(9)12-15-14-11(16-12)7-8-13/h3-6H,2,7-8H2,1H3. The van der Waals surface area contributed by atoms with Gasteiger partial charge in [-0.1, -0.05) is 42.5 Å². The highest BCUT2D eigenvalue weighted by molar-refractivity contribution is 7.14. The van der Waals surface area contributed by atoms with Crippen molar-refractivity contribution < 1.29 is 0 Å². The summed E-state index contributed by atoms with van der Waals surface area (Å²) in [5.74, 6) is 0.601. The number of hydrogen-bond donors (Lipinski definition) is 0. The van der Waals surface area contributed by atoms with E-state index in [4.69, 9.17) is 11.6 Å². The quantitative estimate of drug-likeness (QED) is 0.778. The van der Waals surface area contributed by atoms with Gasteiger partial charge in [0.25, 0.3) is 0 Å². The molecule has 0 unspecified atom stereocenters. The third-order valence-corrected chi connectivity index (χ3v) is 3.61. The van der Waals surface area contributed by atoms with Crippen molar-refractivity contribution in [3.63, 3.8) is 0 Å². The van der Waals surface area contributed by atoms with E-state index in [1.165, 1.54) is 11.1 Å². The van der Waals surface area contributed by atoms with Crippen LogP contribution in [0.4, 0.5) is 0 Å². The third-order valence-electron chi connectivity index (χ3n) is 2.40. The Balaban J connectivity index is 2.34. The van der Waals surface area contributed by atoms with Crippen molar-refractivity contribution in [2.24, 2.45) is 0 Å². The van der Waals surface area contributed by atoms with Gasteiger partial charge < -0.3 is 0 Å². The Morgan fingerprint density at radius 3 is 2.81 bits per heavy atom. The van der Waals surface area contributed by atoms with E-state index in [1.807, 2.05) is 6.07 Å². The van der Waals surface area contributed by atoms with Crippen molar-refractivity contribution in [1.29, 1.82) is 0 Å². The average Bonchev–Trinajstić information content (AvgIpc) is 2.78. The minimum Gasteiger partial charge on any atom is -0.143 e. The second-order valence-corrected chi connectivity index (χ2v) is 4.89. The fourth-order valence-corrected chi connectivity index (χ4v) is 2.77. The zero-order valence-electron chi connectivity index (χ0n) is 9.11. The number of halogens is 1. The number of aryl methyl sites for hydroxylation is 2. The Hall–Kier alpha value is -0.930. The van der Waals surface area contributed by atoms with Gasteiger partial charge in [-0.3, -0.25) is 0 Å². The first-order chi connectivity index (χ1) is 7.85. The van der Waals surface area contributed by atoms with E-state index in [2.05, 4.69) is 35.3 Å². The van der Waals surface area contributed by atoms with Crippen LogP contribution >= 0.6 is 22.9 Å². The maximum atomic E-state index is 5.69. The fourth-order valence-electron chi connectivity index (χ4n) is 1.58. The summed E-state index contributed by atoms with van der Waals surface area (Å²) in [4.78, 5) is 0. The number of alkyl halides is 1. The smallest absolute Gasteiger partial charge is 0.143 e. The molecule has 0 N–H and O–H groups in total. The summed E-state index contributed by atoms with van der Waals surface area (Å²) in [6.07, 6.45) is 1.81. The summed E-state index contributed by atoms with van der Waals surface area (Å²) in [5.41, 5.74) is 2.51. The molecule has 1 heterocycles. The lowest BCUT2D eigenvalue weighted by Gasteiger charge is -2.02. The largest absolute Gasteiger partial charge is 0.148 e.